The van der Waals surface area contributed by atoms with Crippen molar-refractivity contribution >= 4 is 22.2 Å². The summed E-state index contributed by atoms with van der Waals surface area (Å²) in [4.78, 5) is 10.8. The molecule has 1 aromatic carbocycles. The molecular formula is C30H37FN6. The zero-order valence-corrected chi connectivity index (χ0v) is 22.1. The third-order valence-corrected chi connectivity index (χ3v) is 6.78. The number of imidazole rings is 1. The lowest BCUT2D eigenvalue weighted by Gasteiger charge is -2.30. The van der Waals surface area contributed by atoms with E-state index in [0.29, 0.717) is 29.1 Å². The molecule has 37 heavy (non-hydrogen) atoms. The SMILES string of the molecule is C=C/C=C(\c1nc(-c2n[nH]c3cc(F)c(C(/C=C(\C=C)CNCC)=C/C)cc23)[nH]c1C)N1CCCCC1. The molecule has 194 valence electrons. The Kier molecular flexibility index (Phi) is 8.56. The molecule has 1 saturated heterocycles. The summed E-state index contributed by atoms with van der Waals surface area (Å²) < 4.78 is 15.2. The second-order valence-corrected chi connectivity index (χ2v) is 9.29. The Bertz CT molecular complexity index is 1360. The third kappa shape index (κ3) is 5.67. The van der Waals surface area contributed by atoms with Crippen molar-refractivity contribution in [1.82, 2.24) is 30.4 Å². The number of H-pyrrole nitrogens is 2. The van der Waals surface area contributed by atoms with Gasteiger partial charge in [-0.05, 0) is 62.9 Å². The highest BCUT2D eigenvalue weighted by Gasteiger charge is 2.22. The van der Waals surface area contributed by atoms with E-state index in [-0.39, 0.29) is 5.82 Å². The van der Waals surface area contributed by atoms with Crippen molar-refractivity contribution in [3.05, 3.63) is 84.0 Å². The highest BCUT2D eigenvalue weighted by Crippen LogP contribution is 2.33. The lowest BCUT2D eigenvalue weighted by atomic mass is 9.99. The molecular weight excluding hydrogens is 463 g/mol. The molecule has 1 aliphatic rings. The van der Waals surface area contributed by atoms with E-state index in [1.54, 1.807) is 6.08 Å². The molecule has 7 heteroatoms. The first-order valence-corrected chi connectivity index (χ1v) is 13.0. The number of aromatic nitrogens is 4. The van der Waals surface area contributed by atoms with Gasteiger partial charge in [0, 0.05) is 42.3 Å². The van der Waals surface area contributed by atoms with Crippen LogP contribution >= 0.6 is 0 Å². The fourth-order valence-corrected chi connectivity index (χ4v) is 4.81. The Labute approximate surface area is 218 Å². The highest BCUT2D eigenvalue weighted by atomic mass is 19.1. The van der Waals surface area contributed by atoms with Gasteiger partial charge in [0.2, 0.25) is 0 Å². The van der Waals surface area contributed by atoms with Crippen molar-refractivity contribution < 1.29 is 4.39 Å². The Morgan fingerprint density at radius 2 is 2.00 bits per heavy atom. The van der Waals surface area contributed by atoms with Crippen LogP contribution in [-0.2, 0) is 0 Å². The second kappa shape index (κ2) is 12.0. The molecule has 1 aliphatic heterocycles. The molecule has 3 aromatic rings. The molecule has 4 rings (SSSR count). The van der Waals surface area contributed by atoms with Crippen LogP contribution in [0.15, 0.2) is 61.2 Å². The third-order valence-electron chi connectivity index (χ3n) is 6.78. The summed E-state index contributed by atoms with van der Waals surface area (Å²) in [5.74, 6) is 0.344. The minimum Gasteiger partial charge on any atom is -0.370 e. The van der Waals surface area contributed by atoms with Crippen molar-refractivity contribution in [2.45, 2.75) is 40.0 Å². The van der Waals surface area contributed by atoms with Gasteiger partial charge in [0.05, 0.1) is 11.2 Å². The number of aryl methyl sites for hydroxylation is 1. The van der Waals surface area contributed by atoms with Crippen LogP contribution in [0.4, 0.5) is 4.39 Å². The quantitative estimate of drug-likeness (QED) is 0.277. The van der Waals surface area contributed by atoms with Gasteiger partial charge in [-0.3, -0.25) is 5.10 Å². The number of nitrogens with zero attached hydrogens (tertiary/aromatic N) is 3. The Morgan fingerprint density at radius 3 is 2.68 bits per heavy atom. The summed E-state index contributed by atoms with van der Waals surface area (Å²) in [6.07, 6.45) is 13.1. The van der Waals surface area contributed by atoms with Gasteiger partial charge in [0.15, 0.2) is 5.82 Å². The minimum atomic E-state index is -0.309. The van der Waals surface area contributed by atoms with E-state index < -0.39 is 0 Å². The average Bonchev–Trinajstić information content (AvgIpc) is 3.50. The molecule has 0 saturated carbocycles. The molecule has 2 aromatic heterocycles. The van der Waals surface area contributed by atoms with Crippen LogP contribution in [0.3, 0.4) is 0 Å². The number of likely N-dealkylation sites (N-methyl/N-ethyl adjacent to an activating group) is 1. The van der Waals surface area contributed by atoms with Crippen LogP contribution in [0, 0.1) is 12.7 Å². The fourth-order valence-electron chi connectivity index (χ4n) is 4.81. The van der Waals surface area contributed by atoms with Crippen molar-refractivity contribution in [3.8, 4) is 11.5 Å². The first-order chi connectivity index (χ1) is 18.0. The summed E-state index contributed by atoms with van der Waals surface area (Å²) in [6.45, 7) is 17.4. The highest BCUT2D eigenvalue weighted by molar-refractivity contribution is 5.94. The molecule has 0 unspecified atom stereocenters. The van der Waals surface area contributed by atoms with Gasteiger partial charge in [0.25, 0.3) is 0 Å². The number of allylic oxidation sites excluding steroid dienone is 5. The number of piperidine rings is 1. The molecule has 6 nitrogen and oxygen atoms in total. The number of rotatable bonds is 10. The Balaban J connectivity index is 1.76. The van der Waals surface area contributed by atoms with E-state index in [0.717, 1.165) is 53.3 Å². The second-order valence-electron chi connectivity index (χ2n) is 9.29. The maximum atomic E-state index is 15.2. The summed E-state index contributed by atoms with van der Waals surface area (Å²) in [5, 5.41) is 11.6. The predicted molar refractivity (Wildman–Crippen MR) is 152 cm³/mol. The number of hydrogen-bond acceptors (Lipinski definition) is 4. The van der Waals surface area contributed by atoms with Gasteiger partial charge < -0.3 is 15.2 Å². The van der Waals surface area contributed by atoms with E-state index in [1.807, 2.05) is 44.2 Å². The van der Waals surface area contributed by atoms with E-state index in [2.05, 4.69) is 45.5 Å². The number of aromatic amines is 2. The van der Waals surface area contributed by atoms with Crippen LogP contribution in [0.1, 0.15) is 50.1 Å². The topological polar surface area (TPSA) is 72.6 Å². The molecule has 0 aliphatic carbocycles. The molecule has 0 radical (unpaired) electrons. The van der Waals surface area contributed by atoms with E-state index in [4.69, 9.17) is 4.98 Å². The molecule has 0 atom stereocenters. The lowest BCUT2D eigenvalue weighted by Crippen LogP contribution is -2.28. The standard InChI is InChI=1S/C30H37FN6/c1-6-13-27(37-14-11-10-12-15-37)28-20(5)33-30(34-28)29-24-17-23(25(31)18-26(24)35-36-29)22(8-3)16-21(7-2)19-32-9-4/h6-8,13,16-18,32H,1-2,9-12,14-15,19H2,3-5H3,(H,33,34)(H,35,36)/b21-16+,22-8+,27-13+. The van der Waals surface area contributed by atoms with Gasteiger partial charge in [-0.2, -0.15) is 5.10 Å². The van der Waals surface area contributed by atoms with E-state index in [9.17, 15) is 0 Å². The van der Waals surface area contributed by atoms with Crippen LogP contribution < -0.4 is 5.32 Å². The minimum absolute atomic E-state index is 0.309. The largest absolute Gasteiger partial charge is 0.370 e. The summed E-state index contributed by atoms with van der Waals surface area (Å²) in [6, 6.07) is 3.36. The van der Waals surface area contributed by atoms with Crippen molar-refractivity contribution in [1.29, 1.82) is 0 Å². The predicted octanol–water partition coefficient (Wildman–Crippen LogP) is 6.54. The van der Waals surface area contributed by atoms with Gasteiger partial charge in [-0.15, -0.1) is 0 Å². The molecule has 3 heterocycles. The van der Waals surface area contributed by atoms with Gasteiger partial charge in [0.1, 0.15) is 17.2 Å². The van der Waals surface area contributed by atoms with Crippen molar-refractivity contribution in [2.75, 3.05) is 26.2 Å². The number of nitrogens with one attached hydrogen (secondary N) is 3. The van der Waals surface area contributed by atoms with Gasteiger partial charge in [-0.1, -0.05) is 44.4 Å². The van der Waals surface area contributed by atoms with Crippen molar-refractivity contribution in [3.63, 3.8) is 0 Å². The van der Waals surface area contributed by atoms with Gasteiger partial charge in [-0.25, -0.2) is 9.37 Å². The summed E-state index contributed by atoms with van der Waals surface area (Å²) >= 11 is 0. The lowest BCUT2D eigenvalue weighted by molar-refractivity contribution is 0.325. The smallest absolute Gasteiger partial charge is 0.159 e. The van der Waals surface area contributed by atoms with Crippen LogP contribution in [0.2, 0.25) is 0 Å². The number of benzene rings is 1. The number of fused-ring (bicyclic) bond motifs is 1. The monoisotopic (exact) mass is 500 g/mol. The van der Waals surface area contributed by atoms with Crippen LogP contribution in [0.25, 0.3) is 33.7 Å². The van der Waals surface area contributed by atoms with Crippen LogP contribution in [0.5, 0.6) is 0 Å². The van der Waals surface area contributed by atoms with E-state index >= 15 is 4.39 Å². The molecule has 0 spiro atoms. The summed E-state index contributed by atoms with van der Waals surface area (Å²) in [7, 11) is 0. The van der Waals surface area contributed by atoms with Crippen molar-refractivity contribution in [2.24, 2.45) is 0 Å². The summed E-state index contributed by atoms with van der Waals surface area (Å²) in [5.41, 5.74) is 6.51. The van der Waals surface area contributed by atoms with E-state index in [1.165, 1.54) is 25.3 Å². The first kappa shape index (κ1) is 26.4. The number of halogens is 1. The first-order valence-electron chi connectivity index (χ1n) is 13.0. The zero-order valence-electron chi connectivity index (χ0n) is 22.1. The molecule has 0 amide bonds. The Morgan fingerprint density at radius 1 is 1.22 bits per heavy atom. The molecule has 1 fully saturated rings. The molecule has 3 N–H and O–H groups in total. The zero-order chi connectivity index (χ0) is 26.4. The molecule has 0 bridgehead atoms. The maximum Gasteiger partial charge on any atom is 0.159 e. The Hall–Kier alpha value is -3.71. The van der Waals surface area contributed by atoms with Crippen LogP contribution in [-0.4, -0.2) is 51.2 Å². The fraction of sp³-hybridized carbons (Fsp3) is 0.333. The number of likely N-dealkylation sites (tertiary alicyclic amines) is 1. The maximum absolute atomic E-state index is 15.2. The number of hydrogen-bond donors (Lipinski definition) is 3. The van der Waals surface area contributed by atoms with Gasteiger partial charge >= 0.3 is 0 Å². The normalized spacial score (nSPS) is 15.5. The average molecular weight is 501 g/mol.